The van der Waals surface area contributed by atoms with Gasteiger partial charge in [0.1, 0.15) is 5.75 Å². The first kappa shape index (κ1) is 13.9. The monoisotopic (exact) mass is 316 g/mol. The van der Waals surface area contributed by atoms with Gasteiger partial charge < -0.3 is 9.72 Å². The van der Waals surface area contributed by atoms with Crippen LogP contribution in [0.1, 0.15) is 0 Å². The zero-order chi connectivity index (χ0) is 14.8. The summed E-state index contributed by atoms with van der Waals surface area (Å²) in [6.45, 7) is 0. The zero-order valence-electron chi connectivity index (χ0n) is 11.3. The van der Waals surface area contributed by atoms with E-state index in [0.29, 0.717) is 9.79 Å². The van der Waals surface area contributed by atoms with Crippen LogP contribution in [0.3, 0.4) is 0 Å². The standard InChI is InChI=1S/C16H13ClN2OS/c1-20-14-7-5-11(6-8-14)15-10-18-16(21)19(15)13-4-2-3-12(17)9-13/h2-10H,1H3,(H,18,21). The van der Waals surface area contributed by atoms with Crippen LogP contribution in [-0.4, -0.2) is 16.7 Å². The first-order valence-corrected chi connectivity index (χ1v) is 7.18. The van der Waals surface area contributed by atoms with Crippen molar-refractivity contribution in [2.45, 2.75) is 0 Å². The van der Waals surface area contributed by atoms with Crippen molar-refractivity contribution in [2.24, 2.45) is 0 Å². The largest absolute Gasteiger partial charge is 0.497 e. The highest BCUT2D eigenvalue weighted by molar-refractivity contribution is 7.71. The molecule has 106 valence electrons. The lowest BCUT2D eigenvalue weighted by molar-refractivity contribution is 0.415. The lowest BCUT2D eigenvalue weighted by atomic mass is 10.1. The molecule has 0 saturated carbocycles. The smallest absolute Gasteiger partial charge is 0.182 e. The quantitative estimate of drug-likeness (QED) is 0.699. The van der Waals surface area contributed by atoms with Gasteiger partial charge in [-0.1, -0.05) is 17.7 Å². The fraction of sp³-hybridized carbons (Fsp3) is 0.0625. The number of halogens is 1. The third kappa shape index (κ3) is 2.73. The van der Waals surface area contributed by atoms with Crippen molar-refractivity contribution in [3.63, 3.8) is 0 Å². The number of ether oxygens (including phenoxy) is 1. The fourth-order valence-corrected chi connectivity index (χ4v) is 2.66. The Bertz CT molecular complexity index is 821. The van der Waals surface area contributed by atoms with Gasteiger partial charge in [-0.2, -0.15) is 0 Å². The van der Waals surface area contributed by atoms with Crippen molar-refractivity contribution in [3.8, 4) is 22.7 Å². The lowest BCUT2D eigenvalue weighted by Gasteiger charge is -2.09. The van der Waals surface area contributed by atoms with Gasteiger partial charge in [-0.25, -0.2) is 0 Å². The fourth-order valence-electron chi connectivity index (χ4n) is 2.21. The van der Waals surface area contributed by atoms with Gasteiger partial charge in [0.05, 0.1) is 12.8 Å². The third-order valence-corrected chi connectivity index (χ3v) is 3.76. The molecule has 3 rings (SSSR count). The van der Waals surface area contributed by atoms with Gasteiger partial charge in [0.15, 0.2) is 4.77 Å². The molecule has 21 heavy (non-hydrogen) atoms. The van der Waals surface area contributed by atoms with Crippen LogP contribution in [0.4, 0.5) is 0 Å². The van der Waals surface area contributed by atoms with Crippen LogP contribution in [0, 0.1) is 4.77 Å². The second-order valence-corrected chi connectivity index (χ2v) is 5.35. The minimum absolute atomic E-state index is 0.628. The minimum atomic E-state index is 0.628. The summed E-state index contributed by atoms with van der Waals surface area (Å²) in [5, 5.41) is 0.677. The average Bonchev–Trinajstić information content (AvgIpc) is 2.89. The normalized spacial score (nSPS) is 10.6. The van der Waals surface area contributed by atoms with Gasteiger partial charge in [0.2, 0.25) is 0 Å². The molecule has 0 radical (unpaired) electrons. The molecule has 1 heterocycles. The summed E-state index contributed by atoms with van der Waals surface area (Å²) in [6, 6.07) is 15.5. The Morgan fingerprint density at radius 1 is 1.14 bits per heavy atom. The number of benzene rings is 2. The second-order valence-electron chi connectivity index (χ2n) is 4.52. The Hall–Kier alpha value is -2.04. The van der Waals surface area contributed by atoms with E-state index in [0.717, 1.165) is 22.7 Å². The van der Waals surface area contributed by atoms with Crippen LogP contribution in [0.15, 0.2) is 54.7 Å². The van der Waals surface area contributed by atoms with E-state index in [1.165, 1.54) is 0 Å². The van der Waals surface area contributed by atoms with Crippen LogP contribution < -0.4 is 4.74 Å². The number of aromatic amines is 1. The van der Waals surface area contributed by atoms with Gasteiger partial charge in [-0.3, -0.25) is 4.57 Å². The topological polar surface area (TPSA) is 29.9 Å². The Labute approximate surface area is 132 Å². The van der Waals surface area contributed by atoms with Gasteiger partial charge in [0, 0.05) is 22.5 Å². The van der Waals surface area contributed by atoms with Crippen molar-refractivity contribution < 1.29 is 4.74 Å². The predicted molar refractivity (Wildman–Crippen MR) is 88.0 cm³/mol. The van der Waals surface area contributed by atoms with Crippen LogP contribution in [0.2, 0.25) is 5.02 Å². The first-order chi connectivity index (χ1) is 10.2. The van der Waals surface area contributed by atoms with Crippen molar-refractivity contribution in [3.05, 3.63) is 64.5 Å². The number of methoxy groups -OCH3 is 1. The van der Waals surface area contributed by atoms with Gasteiger partial charge in [-0.15, -0.1) is 0 Å². The van der Waals surface area contributed by atoms with Crippen molar-refractivity contribution >= 4 is 23.8 Å². The lowest BCUT2D eigenvalue weighted by Crippen LogP contribution is -1.96. The molecule has 1 aromatic heterocycles. The first-order valence-electron chi connectivity index (χ1n) is 6.40. The van der Waals surface area contributed by atoms with E-state index in [2.05, 4.69) is 4.98 Å². The molecule has 0 aliphatic heterocycles. The van der Waals surface area contributed by atoms with Crippen LogP contribution in [0.25, 0.3) is 16.9 Å². The minimum Gasteiger partial charge on any atom is -0.497 e. The molecule has 0 amide bonds. The molecule has 0 aliphatic carbocycles. The molecule has 0 saturated heterocycles. The summed E-state index contributed by atoms with van der Waals surface area (Å²) in [5.41, 5.74) is 2.95. The van der Waals surface area contributed by atoms with Crippen molar-refractivity contribution in [2.75, 3.05) is 7.11 Å². The molecule has 0 spiro atoms. The molecule has 3 nitrogen and oxygen atoms in total. The van der Waals surface area contributed by atoms with Gasteiger partial charge in [0.25, 0.3) is 0 Å². The predicted octanol–water partition coefficient (Wildman–Crippen LogP) is 4.86. The maximum atomic E-state index is 6.08. The van der Waals surface area contributed by atoms with E-state index in [9.17, 15) is 0 Å². The summed E-state index contributed by atoms with van der Waals surface area (Å²) in [4.78, 5) is 3.09. The van der Waals surface area contributed by atoms with Crippen LogP contribution >= 0.6 is 23.8 Å². The molecular formula is C16H13ClN2OS. The van der Waals surface area contributed by atoms with E-state index in [1.54, 1.807) is 7.11 Å². The molecule has 5 heteroatoms. The molecule has 0 atom stereocenters. The summed E-state index contributed by atoms with van der Waals surface area (Å²) in [7, 11) is 1.65. The van der Waals surface area contributed by atoms with Crippen molar-refractivity contribution in [1.29, 1.82) is 0 Å². The number of hydrogen-bond acceptors (Lipinski definition) is 2. The Balaban J connectivity index is 2.14. The molecular weight excluding hydrogens is 304 g/mol. The number of imidazole rings is 1. The Kier molecular flexibility index (Phi) is 3.82. The summed E-state index contributed by atoms with van der Waals surface area (Å²) in [6.07, 6.45) is 1.89. The number of nitrogens with one attached hydrogen (secondary N) is 1. The Morgan fingerprint density at radius 2 is 1.90 bits per heavy atom. The van der Waals surface area contributed by atoms with E-state index in [-0.39, 0.29) is 0 Å². The van der Waals surface area contributed by atoms with Gasteiger partial charge in [-0.05, 0) is 54.7 Å². The zero-order valence-corrected chi connectivity index (χ0v) is 12.9. The maximum Gasteiger partial charge on any atom is 0.182 e. The molecule has 3 aromatic rings. The highest BCUT2D eigenvalue weighted by Crippen LogP contribution is 2.26. The van der Waals surface area contributed by atoms with Crippen molar-refractivity contribution in [1.82, 2.24) is 9.55 Å². The molecule has 0 fully saturated rings. The van der Waals surface area contributed by atoms with Crippen LogP contribution in [0.5, 0.6) is 5.75 Å². The number of hydrogen-bond donors (Lipinski definition) is 1. The van der Waals surface area contributed by atoms with Crippen LogP contribution in [-0.2, 0) is 0 Å². The van der Waals surface area contributed by atoms with E-state index < -0.39 is 0 Å². The average molecular weight is 317 g/mol. The Morgan fingerprint density at radius 3 is 2.57 bits per heavy atom. The second kappa shape index (κ2) is 5.76. The van der Waals surface area contributed by atoms with Gasteiger partial charge >= 0.3 is 0 Å². The highest BCUT2D eigenvalue weighted by atomic mass is 35.5. The van der Waals surface area contributed by atoms with E-state index in [4.69, 9.17) is 28.6 Å². The number of rotatable bonds is 3. The molecule has 0 aliphatic rings. The van der Waals surface area contributed by atoms with E-state index >= 15 is 0 Å². The molecule has 0 bridgehead atoms. The summed E-state index contributed by atoms with van der Waals surface area (Å²) in [5.74, 6) is 0.821. The summed E-state index contributed by atoms with van der Waals surface area (Å²) < 4.78 is 7.78. The number of nitrogens with zero attached hydrogens (tertiary/aromatic N) is 1. The third-order valence-electron chi connectivity index (χ3n) is 3.23. The SMILES string of the molecule is COc1ccc(-c2c[nH]c(=S)n2-c2cccc(Cl)c2)cc1. The number of aromatic nitrogens is 2. The molecule has 0 unspecified atom stereocenters. The van der Waals surface area contributed by atoms with E-state index in [1.807, 2.05) is 59.3 Å². The maximum absolute atomic E-state index is 6.08. The number of H-pyrrole nitrogens is 1. The summed E-state index contributed by atoms with van der Waals surface area (Å²) >= 11 is 11.5. The molecule has 2 aromatic carbocycles. The molecule has 1 N–H and O–H groups in total. The highest BCUT2D eigenvalue weighted by Gasteiger charge is 2.09.